The number of fused-ring (bicyclic) bond motifs is 1. The van der Waals surface area contributed by atoms with Gasteiger partial charge in [0.2, 0.25) is 0 Å². The summed E-state index contributed by atoms with van der Waals surface area (Å²) in [5.41, 5.74) is 3.33. The Morgan fingerprint density at radius 1 is 1.11 bits per heavy atom. The molecular formula is C16H13IOS. The SMILES string of the molecule is CSc1c(-c2ccccc2)oc2c(C)cc(I)cc12. The molecule has 3 heteroatoms. The zero-order chi connectivity index (χ0) is 13.4. The first-order valence-electron chi connectivity index (χ1n) is 6.02. The summed E-state index contributed by atoms with van der Waals surface area (Å²) in [6.45, 7) is 2.10. The van der Waals surface area contributed by atoms with Crippen LogP contribution in [0.25, 0.3) is 22.3 Å². The average Bonchev–Trinajstić information content (AvgIpc) is 2.78. The Morgan fingerprint density at radius 2 is 1.84 bits per heavy atom. The van der Waals surface area contributed by atoms with Gasteiger partial charge in [0.15, 0.2) is 0 Å². The Kier molecular flexibility index (Phi) is 3.58. The van der Waals surface area contributed by atoms with Crippen LogP contribution in [0.3, 0.4) is 0 Å². The molecule has 2 aromatic carbocycles. The van der Waals surface area contributed by atoms with Crippen LogP contribution in [-0.4, -0.2) is 6.26 Å². The van der Waals surface area contributed by atoms with E-state index in [1.54, 1.807) is 11.8 Å². The molecule has 0 N–H and O–H groups in total. The highest BCUT2D eigenvalue weighted by Crippen LogP contribution is 2.40. The fourth-order valence-corrected chi connectivity index (χ4v) is 3.78. The van der Waals surface area contributed by atoms with Crippen molar-refractivity contribution in [2.24, 2.45) is 0 Å². The summed E-state index contributed by atoms with van der Waals surface area (Å²) in [7, 11) is 0. The van der Waals surface area contributed by atoms with E-state index in [0.29, 0.717) is 0 Å². The van der Waals surface area contributed by atoms with Gasteiger partial charge >= 0.3 is 0 Å². The maximum Gasteiger partial charge on any atom is 0.148 e. The lowest BCUT2D eigenvalue weighted by molar-refractivity contribution is 0.622. The van der Waals surface area contributed by atoms with Gasteiger partial charge in [-0.3, -0.25) is 0 Å². The van der Waals surface area contributed by atoms with E-state index in [1.807, 2.05) is 18.2 Å². The largest absolute Gasteiger partial charge is 0.455 e. The molecule has 0 amide bonds. The molecule has 0 saturated heterocycles. The van der Waals surface area contributed by atoms with Crippen molar-refractivity contribution in [1.82, 2.24) is 0 Å². The van der Waals surface area contributed by atoms with E-state index in [2.05, 4.69) is 60.0 Å². The molecule has 0 aliphatic rings. The normalized spacial score (nSPS) is 11.1. The predicted octanol–water partition coefficient (Wildman–Crippen LogP) is 5.73. The van der Waals surface area contributed by atoms with Crippen molar-refractivity contribution in [3.8, 4) is 11.3 Å². The lowest BCUT2D eigenvalue weighted by Gasteiger charge is -1.99. The minimum atomic E-state index is 0.980. The third-order valence-corrected chi connectivity index (χ3v) is 4.57. The summed E-state index contributed by atoms with van der Waals surface area (Å²) >= 11 is 4.11. The predicted molar refractivity (Wildman–Crippen MR) is 90.9 cm³/mol. The fraction of sp³-hybridized carbons (Fsp3) is 0.125. The van der Waals surface area contributed by atoms with Crippen molar-refractivity contribution < 1.29 is 4.42 Å². The van der Waals surface area contributed by atoms with Crippen LogP contribution in [0.4, 0.5) is 0 Å². The summed E-state index contributed by atoms with van der Waals surface area (Å²) in [5.74, 6) is 0.980. The average molecular weight is 380 g/mol. The van der Waals surface area contributed by atoms with Crippen molar-refractivity contribution in [3.05, 3.63) is 51.6 Å². The molecule has 3 aromatic rings. The Labute approximate surface area is 130 Å². The van der Waals surface area contributed by atoms with E-state index < -0.39 is 0 Å². The van der Waals surface area contributed by atoms with Gasteiger partial charge in [-0.1, -0.05) is 30.3 Å². The lowest BCUT2D eigenvalue weighted by Crippen LogP contribution is -1.78. The highest BCUT2D eigenvalue weighted by Gasteiger charge is 2.16. The van der Waals surface area contributed by atoms with E-state index in [4.69, 9.17) is 4.42 Å². The molecular weight excluding hydrogens is 367 g/mol. The standard InChI is InChI=1S/C16H13IOS/c1-10-8-12(17)9-13-14(10)18-15(16(13)19-2)11-6-4-3-5-7-11/h3-9H,1-2H3. The van der Waals surface area contributed by atoms with Gasteiger partial charge in [0, 0.05) is 14.5 Å². The van der Waals surface area contributed by atoms with Crippen LogP contribution < -0.4 is 0 Å². The monoisotopic (exact) mass is 380 g/mol. The van der Waals surface area contributed by atoms with Crippen molar-refractivity contribution in [2.75, 3.05) is 6.26 Å². The molecule has 1 aromatic heterocycles. The van der Waals surface area contributed by atoms with Crippen LogP contribution in [0.15, 0.2) is 51.8 Å². The van der Waals surface area contributed by atoms with E-state index in [9.17, 15) is 0 Å². The Hall–Kier alpha value is -0.940. The zero-order valence-electron chi connectivity index (χ0n) is 10.7. The summed E-state index contributed by atoms with van der Waals surface area (Å²) in [4.78, 5) is 1.22. The molecule has 1 nitrogen and oxygen atoms in total. The molecule has 0 aliphatic heterocycles. The first-order chi connectivity index (χ1) is 9.20. The van der Waals surface area contributed by atoms with Gasteiger partial charge in [-0.05, 0) is 53.5 Å². The second-order valence-electron chi connectivity index (χ2n) is 4.43. The van der Waals surface area contributed by atoms with Crippen molar-refractivity contribution in [1.29, 1.82) is 0 Å². The van der Waals surface area contributed by atoms with Crippen LogP contribution in [0.1, 0.15) is 5.56 Å². The van der Waals surface area contributed by atoms with E-state index in [0.717, 1.165) is 16.9 Å². The Morgan fingerprint density at radius 3 is 2.53 bits per heavy atom. The molecule has 0 radical (unpaired) electrons. The molecule has 3 rings (SSSR count). The van der Waals surface area contributed by atoms with Gasteiger partial charge in [0.1, 0.15) is 11.3 Å². The van der Waals surface area contributed by atoms with E-state index in [-0.39, 0.29) is 0 Å². The van der Waals surface area contributed by atoms with Gasteiger partial charge in [-0.2, -0.15) is 0 Å². The molecule has 0 spiro atoms. The van der Waals surface area contributed by atoms with Crippen LogP contribution in [0.2, 0.25) is 0 Å². The number of hydrogen-bond donors (Lipinski definition) is 0. The topological polar surface area (TPSA) is 13.1 Å². The summed E-state index contributed by atoms with van der Waals surface area (Å²) in [6.07, 6.45) is 2.10. The first-order valence-corrected chi connectivity index (χ1v) is 8.33. The van der Waals surface area contributed by atoms with Crippen LogP contribution in [0, 0.1) is 10.5 Å². The van der Waals surface area contributed by atoms with Gasteiger partial charge in [0.05, 0.1) is 4.90 Å². The molecule has 19 heavy (non-hydrogen) atoms. The smallest absolute Gasteiger partial charge is 0.148 e. The zero-order valence-corrected chi connectivity index (χ0v) is 13.7. The molecule has 0 saturated carbocycles. The molecule has 0 aliphatic carbocycles. The minimum absolute atomic E-state index is 0.980. The summed E-state index contributed by atoms with van der Waals surface area (Å²) in [5, 5.41) is 1.22. The number of furan rings is 1. The van der Waals surface area contributed by atoms with Crippen LogP contribution >= 0.6 is 34.4 Å². The van der Waals surface area contributed by atoms with Gasteiger partial charge < -0.3 is 4.42 Å². The molecule has 0 unspecified atom stereocenters. The van der Waals surface area contributed by atoms with Gasteiger partial charge in [-0.15, -0.1) is 11.8 Å². The molecule has 0 bridgehead atoms. The second-order valence-corrected chi connectivity index (χ2v) is 6.49. The third kappa shape index (κ3) is 2.30. The Balaban J connectivity index is 2.35. The molecule has 0 fully saturated rings. The van der Waals surface area contributed by atoms with Crippen molar-refractivity contribution in [2.45, 2.75) is 11.8 Å². The van der Waals surface area contributed by atoms with Crippen LogP contribution in [0.5, 0.6) is 0 Å². The molecule has 0 atom stereocenters. The number of hydrogen-bond acceptors (Lipinski definition) is 2. The highest BCUT2D eigenvalue weighted by molar-refractivity contribution is 14.1. The number of halogens is 1. The summed E-state index contributed by atoms with van der Waals surface area (Å²) < 4.78 is 7.39. The summed E-state index contributed by atoms with van der Waals surface area (Å²) in [6, 6.07) is 14.7. The van der Waals surface area contributed by atoms with E-state index in [1.165, 1.54) is 19.4 Å². The van der Waals surface area contributed by atoms with Crippen LogP contribution in [-0.2, 0) is 0 Å². The fourth-order valence-electron chi connectivity index (χ4n) is 2.29. The quantitative estimate of drug-likeness (QED) is 0.416. The molecule has 96 valence electrons. The number of rotatable bonds is 2. The highest BCUT2D eigenvalue weighted by atomic mass is 127. The van der Waals surface area contributed by atoms with E-state index >= 15 is 0 Å². The third-order valence-electron chi connectivity index (χ3n) is 3.13. The van der Waals surface area contributed by atoms with Crippen molar-refractivity contribution >= 4 is 45.3 Å². The second kappa shape index (κ2) is 5.21. The first kappa shape index (κ1) is 13.1. The Bertz CT molecular complexity index is 731. The maximum absolute atomic E-state index is 6.14. The number of aryl methyl sites for hydroxylation is 1. The minimum Gasteiger partial charge on any atom is -0.455 e. The number of benzene rings is 2. The van der Waals surface area contributed by atoms with Gasteiger partial charge in [0.25, 0.3) is 0 Å². The number of thioether (sulfide) groups is 1. The van der Waals surface area contributed by atoms with Gasteiger partial charge in [-0.25, -0.2) is 0 Å². The maximum atomic E-state index is 6.14. The lowest BCUT2D eigenvalue weighted by atomic mass is 10.1. The van der Waals surface area contributed by atoms with Crippen molar-refractivity contribution in [3.63, 3.8) is 0 Å². The molecule has 1 heterocycles.